The van der Waals surface area contributed by atoms with E-state index in [0.29, 0.717) is 5.52 Å². The number of rotatable bonds is 8. The fraction of sp³-hybridized carbons (Fsp3) is 0.462. The molecule has 2 N–H and O–H groups in total. The number of H-pyrrole nitrogens is 1. The van der Waals surface area contributed by atoms with Crippen molar-refractivity contribution in [3.05, 3.63) is 58.0 Å². The predicted octanol–water partition coefficient (Wildman–Crippen LogP) is 4.44. The van der Waals surface area contributed by atoms with E-state index in [1.165, 1.54) is 6.07 Å². The number of likely N-dealkylation sites (tertiary alicyclic amines) is 1. The van der Waals surface area contributed by atoms with Crippen LogP contribution < -0.4 is 15.2 Å². The van der Waals surface area contributed by atoms with Crippen molar-refractivity contribution in [3.8, 4) is 11.5 Å². The predicted molar refractivity (Wildman–Crippen MR) is 131 cm³/mol. The first kappa shape index (κ1) is 23.9. The molecule has 0 bridgehead atoms. The Morgan fingerprint density at radius 3 is 2.21 bits per heavy atom. The Bertz CT molecular complexity index is 1190. The highest BCUT2D eigenvalue weighted by Crippen LogP contribution is 2.29. The Morgan fingerprint density at radius 1 is 1.03 bits per heavy atom. The van der Waals surface area contributed by atoms with Crippen LogP contribution in [0.4, 0.5) is 0 Å². The molecule has 1 aromatic heterocycles. The number of aromatic nitrogens is 2. The second-order valence-electron chi connectivity index (χ2n) is 9.49. The lowest BCUT2D eigenvalue weighted by atomic mass is 10.0. The van der Waals surface area contributed by atoms with Crippen molar-refractivity contribution in [2.45, 2.75) is 65.3 Å². The van der Waals surface area contributed by atoms with Crippen LogP contribution >= 0.6 is 0 Å². The number of carbonyl (C=O) groups is 1. The maximum atomic E-state index is 12.7. The average molecular weight is 468 g/mol. The smallest absolute Gasteiger partial charge is 0.335 e. The van der Waals surface area contributed by atoms with Gasteiger partial charge in [-0.25, -0.2) is 9.59 Å². The molecule has 2 heterocycles. The van der Waals surface area contributed by atoms with E-state index < -0.39 is 5.97 Å². The molecule has 8 nitrogen and oxygen atoms in total. The largest absolute Gasteiger partial charge is 0.491 e. The lowest BCUT2D eigenvalue weighted by Crippen LogP contribution is -2.36. The number of benzene rings is 2. The summed E-state index contributed by atoms with van der Waals surface area (Å²) in [5.74, 6) is 0.613. The van der Waals surface area contributed by atoms with Gasteiger partial charge >= 0.3 is 11.7 Å². The Labute approximate surface area is 199 Å². The number of hydrogen-bond acceptors (Lipinski definition) is 5. The molecule has 4 rings (SSSR count). The van der Waals surface area contributed by atoms with Crippen molar-refractivity contribution in [2.75, 3.05) is 13.1 Å². The number of aromatic carboxylic acids is 1. The first-order valence-electron chi connectivity index (χ1n) is 11.9. The number of ether oxygens (including phenoxy) is 2. The second-order valence-corrected chi connectivity index (χ2v) is 9.49. The molecule has 0 radical (unpaired) electrons. The molecule has 0 amide bonds. The van der Waals surface area contributed by atoms with Crippen LogP contribution in [0.5, 0.6) is 11.5 Å². The highest BCUT2D eigenvalue weighted by Gasteiger charge is 2.24. The van der Waals surface area contributed by atoms with Gasteiger partial charge in [-0.05, 0) is 76.4 Å². The van der Waals surface area contributed by atoms with Crippen molar-refractivity contribution in [2.24, 2.45) is 0 Å². The SMILES string of the molecule is CC(C)Oc1cc(CN2CCC(n3c(=O)[nH]c4cc(C(=O)O)ccc43)CC2)cc(OC(C)C)c1. The summed E-state index contributed by atoms with van der Waals surface area (Å²) in [7, 11) is 0. The van der Waals surface area contributed by atoms with Crippen molar-refractivity contribution in [3.63, 3.8) is 0 Å². The molecule has 1 fully saturated rings. The number of fused-ring (bicyclic) bond motifs is 1. The number of carboxylic acids is 1. The first-order valence-corrected chi connectivity index (χ1v) is 11.9. The highest BCUT2D eigenvalue weighted by atomic mass is 16.5. The average Bonchev–Trinajstić information content (AvgIpc) is 3.08. The fourth-order valence-electron chi connectivity index (χ4n) is 4.62. The van der Waals surface area contributed by atoms with Gasteiger partial charge in [-0.15, -0.1) is 0 Å². The lowest BCUT2D eigenvalue weighted by Gasteiger charge is -2.32. The normalized spacial score (nSPS) is 15.4. The Balaban J connectivity index is 1.47. The molecule has 0 spiro atoms. The third-order valence-electron chi connectivity index (χ3n) is 5.98. The summed E-state index contributed by atoms with van der Waals surface area (Å²) in [6.45, 7) is 10.5. The van der Waals surface area contributed by atoms with E-state index in [1.807, 2.05) is 33.8 Å². The maximum Gasteiger partial charge on any atom is 0.335 e. The van der Waals surface area contributed by atoms with Gasteiger partial charge in [-0.1, -0.05) is 0 Å². The number of hydrogen-bond donors (Lipinski definition) is 2. The van der Waals surface area contributed by atoms with E-state index in [9.17, 15) is 14.7 Å². The van der Waals surface area contributed by atoms with Gasteiger partial charge in [0.2, 0.25) is 0 Å². The van der Waals surface area contributed by atoms with Crippen molar-refractivity contribution in [1.82, 2.24) is 14.5 Å². The van der Waals surface area contributed by atoms with Gasteiger partial charge in [0, 0.05) is 31.7 Å². The molecule has 1 aliphatic rings. The summed E-state index contributed by atoms with van der Waals surface area (Å²) in [5.41, 5.74) is 2.43. The van der Waals surface area contributed by atoms with Crippen molar-refractivity contribution in [1.29, 1.82) is 0 Å². The summed E-state index contributed by atoms with van der Waals surface area (Å²) in [6.07, 6.45) is 1.84. The standard InChI is InChI=1S/C26H33N3O5/c1-16(2)33-21-11-18(12-22(14-21)34-17(3)4)15-28-9-7-20(8-10-28)29-24-6-5-19(25(30)31)13-23(24)27-26(29)32/h5-6,11-14,16-17,20H,7-10,15H2,1-4H3,(H,27,32)(H,30,31). The van der Waals surface area contributed by atoms with E-state index in [2.05, 4.69) is 22.0 Å². The molecule has 3 aromatic rings. The number of nitrogens with zero attached hydrogens (tertiary/aromatic N) is 2. The van der Waals surface area contributed by atoms with Gasteiger partial charge in [0.1, 0.15) is 11.5 Å². The van der Waals surface area contributed by atoms with Crippen LogP contribution in [0.15, 0.2) is 41.2 Å². The van der Waals surface area contributed by atoms with Gasteiger partial charge in [0.05, 0.1) is 28.8 Å². The molecule has 182 valence electrons. The molecule has 34 heavy (non-hydrogen) atoms. The molecule has 1 aliphatic heterocycles. The van der Waals surface area contributed by atoms with E-state index in [0.717, 1.165) is 55.1 Å². The Kier molecular flexibility index (Phi) is 6.97. The summed E-state index contributed by atoms with van der Waals surface area (Å²) in [5, 5.41) is 9.22. The molecular weight excluding hydrogens is 434 g/mol. The van der Waals surface area contributed by atoms with E-state index >= 15 is 0 Å². The third-order valence-corrected chi connectivity index (χ3v) is 5.98. The zero-order chi connectivity index (χ0) is 24.4. The summed E-state index contributed by atoms with van der Waals surface area (Å²) in [4.78, 5) is 29.1. The van der Waals surface area contributed by atoms with E-state index in [1.54, 1.807) is 16.7 Å². The quantitative estimate of drug-likeness (QED) is 0.508. The minimum atomic E-state index is -1.01. The van der Waals surface area contributed by atoms with Gasteiger partial charge in [-0.2, -0.15) is 0 Å². The molecule has 0 atom stereocenters. The topological polar surface area (TPSA) is 96.8 Å². The zero-order valence-corrected chi connectivity index (χ0v) is 20.2. The summed E-state index contributed by atoms with van der Waals surface area (Å²) in [6, 6.07) is 10.9. The van der Waals surface area contributed by atoms with Crippen LogP contribution in [0, 0.1) is 0 Å². The molecule has 0 saturated carbocycles. The second kappa shape index (κ2) is 9.93. The maximum absolute atomic E-state index is 12.7. The van der Waals surface area contributed by atoms with E-state index in [4.69, 9.17) is 9.47 Å². The number of nitrogens with one attached hydrogen (secondary N) is 1. The monoisotopic (exact) mass is 467 g/mol. The van der Waals surface area contributed by atoms with Gasteiger partial charge in [0.15, 0.2) is 0 Å². The number of aromatic amines is 1. The highest BCUT2D eigenvalue weighted by molar-refractivity contribution is 5.92. The van der Waals surface area contributed by atoms with Gasteiger partial charge < -0.3 is 19.6 Å². The van der Waals surface area contributed by atoms with Crippen LogP contribution in [0.2, 0.25) is 0 Å². The molecule has 8 heteroatoms. The third kappa shape index (κ3) is 5.44. The molecule has 0 aliphatic carbocycles. The minimum Gasteiger partial charge on any atom is -0.491 e. The summed E-state index contributed by atoms with van der Waals surface area (Å²) >= 11 is 0. The first-order chi connectivity index (χ1) is 16.2. The van der Waals surface area contributed by atoms with E-state index in [-0.39, 0.29) is 29.5 Å². The lowest BCUT2D eigenvalue weighted by molar-refractivity contribution is 0.0697. The van der Waals surface area contributed by atoms with Crippen LogP contribution in [0.3, 0.4) is 0 Å². The molecule has 2 aromatic carbocycles. The number of carboxylic acid groups (broad SMARTS) is 1. The van der Waals surface area contributed by atoms with Crippen molar-refractivity contribution >= 4 is 17.0 Å². The number of imidazole rings is 1. The number of piperidine rings is 1. The zero-order valence-electron chi connectivity index (χ0n) is 20.2. The Hall–Kier alpha value is -3.26. The van der Waals surface area contributed by atoms with Gasteiger partial charge in [0.25, 0.3) is 0 Å². The Morgan fingerprint density at radius 2 is 1.65 bits per heavy atom. The minimum absolute atomic E-state index is 0.0728. The van der Waals surface area contributed by atoms with Crippen LogP contribution in [-0.4, -0.2) is 50.8 Å². The van der Waals surface area contributed by atoms with Gasteiger partial charge in [-0.3, -0.25) is 9.47 Å². The molecular formula is C26H33N3O5. The molecule has 0 unspecified atom stereocenters. The summed E-state index contributed by atoms with van der Waals surface area (Å²) < 4.78 is 13.6. The fourth-order valence-corrected chi connectivity index (χ4v) is 4.62. The van der Waals surface area contributed by atoms with Crippen LogP contribution in [0.1, 0.15) is 62.5 Å². The van der Waals surface area contributed by atoms with Crippen molar-refractivity contribution < 1.29 is 19.4 Å². The van der Waals surface area contributed by atoms with Crippen LogP contribution in [0.25, 0.3) is 11.0 Å². The molecule has 1 saturated heterocycles. The van der Waals surface area contributed by atoms with Crippen LogP contribution in [-0.2, 0) is 6.54 Å².